The van der Waals surface area contributed by atoms with Crippen molar-refractivity contribution in [1.82, 2.24) is 14.6 Å². The van der Waals surface area contributed by atoms with Crippen LogP contribution in [-0.4, -0.2) is 20.6 Å². The van der Waals surface area contributed by atoms with E-state index in [1.165, 1.54) is 0 Å². The van der Waals surface area contributed by atoms with Gasteiger partial charge in [0.1, 0.15) is 12.2 Å². The summed E-state index contributed by atoms with van der Waals surface area (Å²) < 4.78 is 6.87. The number of fused-ring (bicyclic) bond motifs is 1. The van der Waals surface area contributed by atoms with E-state index in [0.717, 1.165) is 0 Å². The lowest BCUT2D eigenvalue weighted by atomic mass is 10.2. The quantitative estimate of drug-likeness (QED) is 0.685. The molecule has 5 nitrogen and oxygen atoms in total. The summed E-state index contributed by atoms with van der Waals surface area (Å²) >= 11 is 11.9. The highest BCUT2D eigenvalue weighted by Crippen LogP contribution is 2.22. The first-order chi connectivity index (χ1) is 10.6. The van der Waals surface area contributed by atoms with Gasteiger partial charge in [0.25, 0.3) is 0 Å². The van der Waals surface area contributed by atoms with Crippen LogP contribution in [0.4, 0.5) is 0 Å². The SMILES string of the molecule is Cc1nn2cccnc2c1C(=O)OCc1ccc(Cl)cc1Cl. The summed E-state index contributed by atoms with van der Waals surface area (Å²) in [5.74, 6) is -0.489. The monoisotopic (exact) mass is 335 g/mol. The molecule has 2 aromatic heterocycles. The first-order valence-corrected chi connectivity index (χ1v) is 7.23. The fourth-order valence-electron chi connectivity index (χ4n) is 2.09. The summed E-state index contributed by atoms with van der Waals surface area (Å²) in [5.41, 5.74) is 2.06. The van der Waals surface area contributed by atoms with E-state index < -0.39 is 5.97 Å². The molecule has 0 aliphatic heterocycles. The van der Waals surface area contributed by atoms with Gasteiger partial charge in [0.2, 0.25) is 0 Å². The van der Waals surface area contributed by atoms with E-state index in [1.807, 2.05) is 0 Å². The number of aromatic nitrogens is 3. The van der Waals surface area contributed by atoms with E-state index in [0.29, 0.717) is 32.5 Å². The second-order valence-electron chi connectivity index (χ2n) is 4.66. The molecule has 0 aliphatic rings. The number of esters is 1. The molecule has 2 heterocycles. The predicted molar refractivity (Wildman–Crippen MR) is 83.3 cm³/mol. The molecule has 0 bridgehead atoms. The molecule has 0 aliphatic carbocycles. The van der Waals surface area contributed by atoms with Gasteiger partial charge < -0.3 is 4.74 Å². The van der Waals surface area contributed by atoms with Gasteiger partial charge in [-0.25, -0.2) is 14.3 Å². The number of hydrogen-bond donors (Lipinski definition) is 0. The van der Waals surface area contributed by atoms with E-state index in [2.05, 4.69) is 10.1 Å². The van der Waals surface area contributed by atoms with E-state index in [9.17, 15) is 4.79 Å². The molecule has 0 saturated heterocycles. The third kappa shape index (κ3) is 2.77. The number of halogens is 2. The van der Waals surface area contributed by atoms with Gasteiger partial charge in [-0.15, -0.1) is 0 Å². The van der Waals surface area contributed by atoms with Crippen LogP contribution in [0.5, 0.6) is 0 Å². The van der Waals surface area contributed by atoms with Gasteiger partial charge in [-0.1, -0.05) is 29.3 Å². The number of ether oxygens (including phenoxy) is 1. The zero-order valence-corrected chi connectivity index (χ0v) is 13.1. The highest BCUT2D eigenvalue weighted by atomic mass is 35.5. The van der Waals surface area contributed by atoms with Crippen LogP contribution in [0.1, 0.15) is 21.6 Å². The van der Waals surface area contributed by atoms with Crippen molar-refractivity contribution in [3.8, 4) is 0 Å². The average molecular weight is 336 g/mol. The maximum absolute atomic E-state index is 12.3. The summed E-state index contributed by atoms with van der Waals surface area (Å²) in [6, 6.07) is 6.76. The largest absolute Gasteiger partial charge is 0.457 e. The summed E-state index contributed by atoms with van der Waals surface area (Å²) in [6.07, 6.45) is 3.32. The summed E-state index contributed by atoms with van der Waals surface area (Å²) in [7, 11) is 0. The Bertz CT molecular complexity index is 861. The van der Waals surface area contributed by atoms with Crippen LogP contribution in [0.15, 0.2) is 36.7 Å². The maximum Gasteiger partial charge on any atom is 0.344 e. The van der Waals surface area contributed by atoms with Crippen molar-refractivity contribution >= 4 is 34.8 Å². The molecule has 0 unspecified atom stereocenters. The second kappa shape index (κ2) is 5.94. The van der Waals surface area contributed by atoms with Gasteiger partial charge in [-0.05, 0) is 25.1 Å². The van der Waals surface area contributed by atoms with Crippen LogP contribution < -0.4 is 0 Å². The van der Waals surface area contributed by atoms with Crippen molar-refractivity contribution in [2.45, 2.75) is 13.5 Å². The minimum absolute atomic E-state index is 0.0540. The van der Waals surface area contributed by atoms with E-state index in [1.54, 1.807) is 48.1 Å². The number of hydrogen-bond acceptors (Lipinski definition) is 4. The fraction of sp³-hybridized carbons (Fsp3) is 0.133. The topological polar surface area (TPSA) is 56.5 Å². The third-order valence-electron chi connectivity index (χ3n) is 3.15. The standard InChI is InChI=1S/C15H11Cl2N3O2/c1-9-13(14-18-5-2-6-20(14)19-9)15(21)22-8-10-3-4-11(16)7-12(10)17/h2-7H,8H2,1H3. The van der Waals surface area contributed by atoms with Gasteiger partial charge in [0.15, 0.2) is 5.65 Å². The summed E-state index contributed by atoms with van der Waals surface area (Å²) in [4.78, 5) is 16.5. The lowest BCUT2D eigenvalue weighted by molar-refractivity contribution is 0.0474. The number of nitrogens with zero attached hydrogens (tertiary/aromatic N) is 3. The Hall–Kier alpha value is -2.11. The molecular weight excluding hydrogens is 325 g/mol. The molecule has 0 spiro atoms. The second-order valence-corrected chi connectivity index (χ2v) is 5.50. The molecule has 0 amide bonds. The van der Waals surface area contributed by atoms with Crippen molar-refractivity contribution in [2.75, 3.05) is 0 Å². The van der Waals surface area contributed by atoms with Crippen molar-refractivity contribution in [3.05, 3.63) is 63.5 Å². The smallest absolute Gasteiger partial charge is 0.344 e. The van der Waals surface area contributed by atoms with Gasteiger partial charge in [-0.2, -0.15) is 5.10 Å². The highest BCUT2D eigenvalue weighted by molar-refractivity contribution is 6.35. The molecule has 0 radical (unpaired) electrons. The van der Waals surface area contributed by atoms with Crippen molar-refractivity contribution < 1.29 is 9.53 Å². The minimum atomic E-state index is -0.489. The first-order valence-electron chi connectivity index (χ1n) is 6.47. The molecule has 0 atom stereocenters. The van der Waals surface area contributed by atoms with Crippen LogP contribution in [-0.2, 0) is 11.3 Å². The Labute approximate surface area is 136 Å². The number of carbonyl (C=O) groups is 1. The van der Waals surface area contributed by atoms with E-state index in [-0.39, 0.29) is 6.61 Å². The Morgan fingerprint density at radius 3 is 2.95 bits per heavy atom. The summed E-state index contributed by atoms with van der Waals surface area (Å²) in [6.45, 7) is 1.79. The fourth-order valence-corrected chi connectivity index (χ4v) is 2.55. The summed E-state index contributed by atoms with van der Waals surface area (Å²) in [5, 5.41) is 5.21. The Morgan fingerprint density at radius 2 is 2.18 bits per heavy atom. The molecule has 112 valence electrons. The molecule has 0 N–H and O–H groups in total. The average Bonchev–Trinajstić information content (AvgIpc) is 2.82. The van der Waals surface area contributed by atoms with Gasteiger partial charge in [-0.3, -0.25) is 0 Å². The predicted octanol–water partition coefficient (Wildman–Crippen LogP) is 3.70. The number of carbonyl (C=O) groups excluding carboxylic acids is 1. The Balaban J connectivity index is 1.83. The van der Waals surface area contributed by atoms with Crippen LogP contribution in [0.25, 0.3) is 5.65 Å². The number of aryl methyl sites for hydroxylation is 1. The minimum Gasteiger partial charge on any atom is -0.457 e. The molecular formula is C15H11Cl2N3O2. The zero-order chi connectivity index (χ0) is 15.7. The molecule has 0 fully saturated rings. The van der Waals surface area contributed by atoms with Gasteiger partial charge in [0, 0.05) is 28.0 Å². The van der Waals surface area contributed by atoms with Crippen LogP contribution in [0.3, 0.4) is 0 Å². The van der Waals surface area contributed by atoms with Crippen LogP contribution in [0, 0.1) is 6.92 Å². The highest BCUT2D eigenvalue weighted by Gasteiger charge is 2.19. The molecule has 3 rings (SSSR count). The van der Waals surface area contributed by atoms with Crippen molar-refractivity contribution in [3.63, 3.8) is 0 Å². The maximum atomic E-state index is 12.3. The van der Waals surface area contributed by atoms with Crippen LogP contribution in [0.2, 0.25) is 10.0 Å². The Morgan fingerprint density at radius 1 is 1.36 bits per heavy atom. The lowest BCUT2D eigenvalue weighted by Gasteiger charge is -2.06. The number of rotatable bonds is 3. The van der Waals surface area contributed by atoms with E-state index >= 15 is 0 Å². The Kier molecular flexibility index (Phi) is 4.00. The van der Waals surface area contributed by atoms with Crippen LogP contribution >= 0.6 is 23.2 Å². The van der Waals surface area contributed by atoms with E-state index in [4.69, 9.17) is 27.9 Å². The third-order valence-corrected chi connectivity index (χ3v) is 3.74. The molecule has 7 heteroatoms. The van der Waals surface area contributed by atoms with Gasteiger partial charge in [0.05, 0.1) is 5.69 Å². The first kappa shape index (κ1) is 14.8. The number of benzene rings is 1. The normalized spacial score (nSPS) is 10.9. The van der Waals surface area contributed by atoms with Crippen molar-refractivity contribution in [1.29, 1.82) is 0 Å². The molecule has 0 saturated carbocycles. The molecule has 22 heavy (non-hydrogen) atoms. The van der Waals surface area contributed by atoms with Crippen molar-refractivity contribution in [2.24, 2.45) is 0 Å². The van der Waals surface area contributed by atoms with Gasteiger partial charge >= 0.3 is 5.97 Å². The lowest BCUT2D eigenvalue weighted by Crippen LogP contribution is -2.07. The molecule has 3 aromatic rings. The molecule has 1 aromatic carbocycles. The zero-order valence-electron chi connectivity index (χ0n) is 11.6.